The van der Waals surface area contributed by atoms with Crippen LogP contribution in [0.1, 0.15) is 36.4 Å². The van der Waals surface area contributed by atoms with E-state index >= 15 is 0 Å². The minimum atomic E-state index is -0.557. The summed E-state index contributed by atoms with van der Waals surface area (Å²) in [4.78, 5) is 42.5. The first kappa shape index (κ1) is 23.0. The van der Waals surface area contributed by atoms with Crippen molar-refractivity contribution < 1.29 is 14.4 Å². The Bertz CT molecular complexity index is 903. The van der Waals surface area contributed by atoms with Crippen LogP contribution in [-0.2, 0) is 14.4 Å². The second-order valence-corrected chi connectivity index (χ2v) is 8.65. The fourth-order valence-corrected chi connectivity index (χ4v) is 4.70. The summed E-state index contributed by atoms with van der Waals surface area (Å²) in [7, 11) is 0. The van der Waals surface area contributed by atoms with Gasteiger partial charge in [-0.15, -0.1) is 0 Å². The molecule has 7 heteroatoms. The summed E-state index contributed by atoms with van der Waals surface area (Å²) in [6.45, 7) is 4.26. The van der Waals surface area contributed by atoms with Crippen LogP contribution in [0.5, 0.6) is 0 Å². The molecule has 0 unspecified atom stereocenters. The molecule has 0 radical (unpaired) electrons. The maximum atomic E-state index is 12.6. The Balaban J connectivity index is 1.28. The van der Waals surface area contributed by atoms with Gasteiger partial charge in [-0.25, -0.2) is 0 Å². The van der Waals surface area contributed by atoms with Crippen molar-refractivity contribution in [2.24, 2.45) is 0 Å². The summed E-state index contributed by atoms with van der Waals surface area (Å²) < 4.78 is 0. The van der Waals surface area contributed by atoms with Gasteiger partial charge in [0.1, 0.15) is 0 Å². The average molecular weight is 449 g/mol. The number of benzene rings is 2. The lowest BCUT2D eigenvalue weighted by Gasteiger charge is -2.39. The van der Waals surface area contributed by atoms with Crippen molar-refractivity contribution in [1.29, 1.82) is 0 Å². The number of hydrogen-bond donors (Lipinski definition) is 1. The Kier molecular flexibility index (Phi) is 7.73. The zero-order valence-electron chi connectivity index (χ0n) is 19.0. The molecule has 1 N–H and O–H groups in total. The van der Waals surface area contributed by atoms with Crippen LogP contribution in [0.15, 0.2) is 60.7 Å². The first-order valence-corrected chi connectivity index (χ1v) is 11.8. The van der Waals surface area contributed by atoms with E-state index in [2.05, 4.69) is 58.7 Å². The van der Waals surface area contributed by atoms with Crippen LogP contribution in [-0.4, -0.2) is 78.2 Å². The van der Waals surface area contributed by atoms with E-state index in [1.54, 1.807) is 4.90 Å². The number of rotatable bonds is 7. The van der Waals surface area contributed by atoms with Crippen LogP contribution in [0.2, 0.25) is 0 Å². The summed E-state index contributed by atoms with van der Waals surface area (Å²) in [5, 5.41) is 2.72. The fourth-order valence-electron chi connectivity index (χ4n) is 4.70. The number of carbonyl (C=O) groups is 3. The smallest absolute Gasteiger partial charge is 0.311 e. The molecule has 2 aliphatic rings. The van der Waals surface area contributed by atoms with Crippen LogP contribution in [0.25, 0.3) is 0 Å². The highest BCUT2D eigenvalue weighted by Crippen LogP contribution is 2.29. The molecule has 2 aromatic rings. The van der Waals surface area contributed by atoms with E-state index in [1.165, 1.54) is 11.1 Å². The number of carbonyl (C=O) groups excluding carboxylic acids is 3. The molecule has 4 rings (SSSR count). The zero-order chi connectivity index (χ0) is 23.0. The topological polar surface area (TPSA) is 73.0 Å². The molecule has 0 bridgehead atoms. The lowest BCUT2D eigenvalue weighted by atomic mass is 9.96. The molecule has 2 saturated heterocycles. The molecule has 2 aliphatic heterocycles. The van der Waals surface area contributed by atoms with Gasteiger partial charge in [0, 0.05) is 52.2 Å². The van der Waals surface area contributed by atoms with Gasteiger partial charge in [-0.1, -0.05) is 60.7 Å². The molecule has 0 aromatic heterocycles. The summed E-state index contributed by atoms with van der Waals surface area (Å²) in [6, 6.07) is 20.9. The van der Waals surface area contributed by atoms with E-state index in [0.717, 1.165) is 13.0 Å². The maximum Gasteiger partial charge on any atom is 0.311 e. The van der Waals surface area contributed by atoms with E-state index in [0.29, 0.717) is 52.1 Å². The first-order chi connectivity index (χ1) is 16.1. The molecule has 0 aliphatic carbocycles. The molecule has 0 saturated carbocycles. The standard InChI is InChI=1S/C26H32N4O3/c31-23-13-7-15-28(23)16-8-14-27-25(32)26(33)30-19-17-29(18-20-30)24(21-9-3-1-4-10-21)22-11-5-2-6-12-22/h1-6,9-12,24H,7-8,13-20H2,(H,27,32). The fraction of sp³-hybridized carbons (Fsp3) is 0.423. The summed E-state index contributed by atoms with van der Waals surface area (Å²) in [5.74, 6) is -0.846. The van der Waals surface area contributed by atoms with E-state index in [1.807, 2.05) is 17.0 Å². The predicted octanol–water partition coefficient (Wildman–Crippen LogP) is 2.05. The molecule has 33 heavy (non-hydrogen) atoms. The first-order valence-electron chi connectivity index (χ1n) is 11.8. The van der Waals surface area contributed by atoms with Gasteiger partial charge in [0.05, 0.1) is 6.04 Å². The number of nitrogens with zero attached hydrogens (tertiary/aromatic N) is 3. The third-order valence-electron chi connectivity index (χ3n) is 6.45. The zero-order valence-corrected chi connectivity index (χ0v) is 19.0. The number of piperazine rings is 1. The van der Waals surface area contributed by atoms with Gasteiger partial charge in [0.2, 0.25) is 5.91 Å². The third-order valence-corrected chi connectivity index (χ3v) is 6.45. The van der Waals surface area contributed by atoms with Gasteiger partial charge in [0.25, 0.3) is 0 Å². The molecule has 2 aromatic carbocycles. The number of nitrogens with one attached hydrogen (secondary N) is 1. The van der Waals surface area contributed by atoms with Crippen molar-refractivity contribution >= 4 is 17.7 Å². The summed E-state index contributed by atoms with van der Waals surface area (Å²) >= 11 is 0. The molecule has 7 nitrogen and oxygen atoms in total. The van der Waals surface area contributed by atoms with Crippen molar-refractivity contribution in [2.75, 3.05) is 45.8 Å². The van der Waals surface area contributed by atoms with Crippen molar-refractivity contribution in [3.05, 3.63) is 71.8 Å². The number of hydrogen-bond acceptors (Lipinski definition) is 4. The predicted molar refractivity (Wildman–Crippen MR) is 126 cm³/mol. The Morgan fingerprint density at radius 1 is 0.848 bits per heavy atom. The Labute approximate surface area is 195 Å². The lowest BCUT2D eigenvalue weighted by molar-refractivity contribution is -0.147. The van der Waals surface area contributed by atoms with E-state index in [9.17, 15) is 14.4 Å². The van der Waals surface area contributed by atoms with Crippen LogP contribution in [0, 0.1) is 0 Å². The van der Waals surface area contributed by atoms with Gasteiger partial charge in [-0.2, -0.15) is 0 Å². The monoisotopic (exact) mass is 448 g/mol. The third kappa shape index (κ3) is 5.79. The molecule has 3 amide bonds. The van der Waals surface area contributed by atoms with Crippen molar-refractivity contribution in [3.63, 3.8) is 0 Å². The van der Waals surface area contributed by atoms with Crippen molar-refractivity contribution in [2.45, 2.75) is 25.3 Å². The van der Waals surface area contributed by atoms with E-state index in [-0.39, 0.29) is 11.9 Å². The summed E-state index contributed by atoms with van der Waals surface area (Å²) in [6.07, 6.45) is 2.19. The number of amides is 3. The van der Waals surface area contributed by atoms with Gasteiger partial charge in [-0.3, -0.25) is 19.3 Å². The summed E-state index contributed by atoms with van der Waals surface area (Å²) in [5.41, 5.74) is 2.44. The van der Waals surface area contributed by atoms with Crippen molar-refractivity contribution in [1.82, 2.24) is 20.0 Å². The quantitative estimate of drug-likeness (QED) is 0.520. The molecule has 2 heterocycles. The minimum absolute atomic E-state index is 0.117. The Morgan fingerprint density at radius 2 is 1.45 bits per heavy atom. The van der Waals surface area contributed by atoms with Crippen molar-refractivity contribution in [3.8, 4) is 0 Å². The molecular weight excluding hydrogens is 416 g/mol. The molecule has 2 fully saturated rings. The second-order valence-electron chi connectivity index (χ2n) is 8.65. The van der Waals surface area contributed by atoms with E-state index < -0.39 is 11.8 Å². The second kappa shape index (κ2) is 11.1. The van der Waals surface area contributed by atoms with Gasteiger partial charge >= 0.3 is 11.8 Å². The van der Waals surface area contributed by atoms with E-state index in [4.69, 9.17) is 0 Å². The normalized spacial score (nSPS) is 16.9. The SMILES string of the molecule is O=C(NCCCN1CCCC1=O)C(=O)N1CCN(C(c2ccccc2)c2ccccc2)CC1. The van der Waals surface area contributed by atoms with Crippen LogP contribution in [0.3, 0.4) is 0 Å². The van der Waals surface area contributed by atoms with Gasteiger partial charge < -0.3 is 15.1 Å². The maximum absolute atomic E-state index is 12.6. The van der Waals surface area contributed by atoms with Gasteiger partial charge in [-0.05, 0) is 24.0 Å². The minimum Gasteiger partial charge on any atom is -0.348 e. The molecule has 0 spiro atoms. The molecular formula is C26H32N4O3. The highest BCUT2D eigenvalue weighted by Gasteiger charge is 2.30. The Hall–Kier alpha value is -3.19. The average Bonchev–Trinajstić information content (AvgIpc) is 3.27. The van der Waals surface area contributed by atoms with Crippen LogP contribution < -0.4 is 5.32 Å². The lowest BCUT2D eigenvalue weighted by Crippen LogP contribution is -2.53. The van der Waals surface area contributed by atoms with Gasteiger partial charge in [0.15, 0.2) is 0 Å². The highest BCUT2D eigenvalue weighted by molar-refractivity contribution is 6.35. The van der Waals surface area contributed by atoms with Crippen LogP contribution in [0.4, 0.5) is 0 Å². The van der Waals surface area contributed by atoms with Crippen LogP contribution >= 0.6 is 0 Å². The largest absolute Gasteiger partial charge is 0.348 e. The number of likely N-dealkylation sites (tertiary alicyclic amines) is 1. The molecule has 0 atom stereocenters. The Morgan fingerprint density at radius 3 is 2.00 bits per heavy atom. The molecule has 174 valence electrons. The highest BCUT2D eigenvalue weighted by atomic mass is 16.2.